The first-order valence-electron chi connectivity index (χ1n) is 8.52. The zero-order valence-electron chi connectivity index (χ0n) is 15.7. The van der Waals surface area contributed by atoms with Crippen molar-refractivity contribution in [3.8, 4) is 0 Å². The number of hydrogen-bond donors (Lipinski definition) is 2. The highest BCUT2D eigenvalue weighted by Crippen LogP contribution is 2.14. The van der Waals surface area contributed by atoms with Crippen LogP contribution in [0, 0.1) is 33.4 Å². The van der Waals surface area contributed by atoms with Crippen LogP contribution >= 0.6 is 0 Å². The Kier molecular flexibility index (Phi) is 8.31. The minimum absolute atomic E-state index is 0.00978. The molecule has 1 amide bonds. The van der Waals surface area contributed by atoms with Gasteiger partial charge in [0.15, 0.2) is 5.03 Å². The van der Waals surface area contributed by atoms with E-state index in [1.807, 2.05) is 18.2 Å². The quantitative estimate of drug-likeness (QED) is 0.322. The smallest absolute Gasteiger partial charge is 0.411 e. The number of benzene rings is 3. The lowest BCUT2D eigenvalue weighted by molar-refractivity contribution is -0.445. The SMILES string of the molecule is O=C(Nc1cc(F)cc(F)c1)OCc1ccccc1.O=[N+]([O-])Nc1cc(F)cc(F)c1. The third-order valence-corrected chi connectivity index (χ3v) is 3.40. The van der Waals surface area contributed by atoms with Crippen LogP contribution in [0.1, 0.15) is 5.56 Å². The highest BCUT2D eigenvalue weighted by Gasteiger charge is 2.06. The molecule has 0 atom stereocenters. The van der Waals surface area contributed by atoms with Gasteiger partial charge in [0.1, 0.15) is 35.6 Å². The summed E-state index contributed by atoms with van der Waals surface area (Å²) in [5.74, 6) is -3.25. The lowest BCUT2D eigenvalue weighted by Gasteiger charge is -2.07. The topological polar surface area (TPSA) is 93.5 Å². The average molecular weight is 437 g/mol. The third-order valence-electron chi connectivity index (χ3n) is 3.40. The van der Waals surface area contributed by atoms with Gasteiger partial charge in [0, 0.05) is 30.0 Å². The van der Waals surface area contributed by atoms with E-state index < -0.39 is 34.4 Å². The molecular formula is C20H15F4N3O4. The maximum absolute atomic E-state index is 12.9. The van der Waals surface area contributed by atoms with Crippen molar-refractivity contribution < 1.29 is 32.1 Å². The fourth-order valence-corrected chi connectivity index (χ4v) is 2.23. The van der Waals surface area contributed by atoms with Gasteiger partial charge in [-0.05, 0) is 17.7 Å². The molecule has 0 radical (unpaired) electrons. The predicted octanol–water partition coefficient (Wildman–Crippen LogP) is 5.28. The van der Waals surface area contributed by atoms with Gasteiger partial charge in [0.25, 0.3) is 0 Å². The molecule has 11 heteroatoms. The van der Waals surface area contributed by atoms with Crippen molar-refractivity contribution in [1.82, 2.24) is 0 Å². The molecule has 162 valence electrons. The summed E-state index contributed by atoms with van der Waals surface area (Å²) in [6.45, 7) is 0.0878. The van der Waals surface area contributed by atoms with Crippen LogP contribution in [-0.2, 0) is 11.3 Å². The molecule has 2 N–H and O–H groups in total. The van der Waals surface area contributed by atoms with E-state index in [2.05, 4.69) is 5.32 Å². The molecule has 0 aliphatic heterocycles. The van der Waals surface area contributed by atoms with Gasteiger partial charge in [-0.15, -0.1) is 5.43 Å². The van der Waals surface area contributed by atoms with Crippen LogP contribution in [-0.4, -0.2) is 11.1 Å². The summed E-state index contributed by atoms with van der Waals surface area (Å²) in [4.78, 5) is 21.3. The molecule has 0 aromatic heterocycles. The summed E-state index contributed by atoms with van der Waals surface area (Å²) in [6, 6.07) is 14.1. The fraction of sp³-hybridized carbons (Fsp3) is 0.0500. The normalized spacial score (nSPS) is 9.81. The summed E-state index contributed by atoms with van der Waals surface area (Å²) in [7, 11) is 0. The van der Waals surface area contributed by atoms with Gasteiger partial charge in [-0.2, -0.15) is 0 Å². The average Bonchev–Trinajstić information content (AvgIpc) is 2.65. The Morgan fingerprint density at radius 1 is 0.839 bits per heavy atom. The third kappa shape index (κ3) is 8.81. The first-order valence-corrected chi connectivity index (χ1v) is 8.52. The number of carbonyl (C=O) groups excluding carboxylic acids is 1. The van der Waals surface area contributed by atoms with E-state index in [1.165, 1.54) is 0 Å². The molecule has 0 saturated heterocycles. The van der Waals surface area contributed by atoms with Crippen LogP contribution in [0.2, 0.25) is 0 Å². The highest BCUT2D eigenvalue weighted by molar-refractivity contribution is 5.84. The monoisotopic (exact) mass is 437 g/mol. The van der Waals surface area contributed by atoms with E-state index >= 15 is 0 Å². The predicted molar refractivity (Wildman–Crippen MR) is 104 cm³/mol. The second-order valence-corrected chi connectivity index (χ2v) is 5.87. The number of nitrogens with zero attached hydrogens (tertiary/aromatic N) is 1. The molecular weight excluding hydrogens is 422 g/mol. The van der Waals surface area contributed by atoms with Crippen molar-refractivity contribution >= 4 is 17.5 Å². The second kappa shape index (κ2) is 11.1. The molecule has 0 unspecified atom stereocenters. The summed E-state index contributed by atoms with van der Waals surface area (Å²) < 4.78 is 55.5. The molecule has 3 rings (SSSR count). The molecule has 0 fully saturated rings. The number of anilines is 2. The molecule has 0 heterocycles. The van der Waals surface area contributed by atoms with Crippen molar-refractivity contribution in [2.75, 3.05) is 10.7 Å². The number of hydrogen-bond acceptors (Lipinski definition) is 4. The van der Waals surface area contributed by atoms with Gasteiger partial charge in [-0.1, -0.05) is 30.3 Å². The largest absolute Gasteiger partial charge is 0.444 e. The lowest BCUT2D eigenvalue weighted by Crippen LogP contribution is -2.13. The number of carbonyl (C=O) groups is 1. The van der Waals surface area contributed by atoms with E-state index in [1.54, 1.807) is 17.6 Å². The van der Waals surface area contributed by atoms with Crippen LogP contribution in [0.25, 0.3) is 0 Å². The van der Waals surface area contributed by atoms with Gasteiger partial charge in [-0.25, -0.2) is 32.5 Å². The second-order valence-electron chi connectivity index (χ2n) is 5.87. The Hall–Kier alpha value is -4.15. The number of halogens is 4. The molecule has 0 bridgehead atoms. The Morgan fingerprint density at radius 2 is 1.32 bits per heavy atom. The number of hydrazine groups is 1. The van der Waals surface area contributed by atoms with Crippen molar-refractivity contribution in [3.63, 3.8) is 0 Å². The summed E-state index contributed by atoms with van der Waals surface area (Å²) in [6.07, 6.45) is -0.770. The minimum Gasteiger partial charge on any atom is -0.444 e. The number of nitro groups is 1. The van der Waals surface area contributed by atoms with Gasteiger partial charge in [0.2, 0.25) is 0 Å². The zero-order valence-corrected chi connectivity index (χ0v) is 15.7. The van der Waals surface area contributed by atoms with Crippen LogP contribution in [0.15, 0.2) is 66.7 Å². The highest BCUT2D eigenvalue weighted by atomic mass is 19.1. The molecule has 0 saturated carbocycles. The molecule has 0 spiro atoms. The molecule has 3 aromatic carbocycles. The lowest BCUT2D eigenvalue weighted by atomic mass is 10.2. The van der Waals surface area contributed by atoms with E-state index in [0.29, 0.717) is 6.07 Å². The Bertz CT molecular complexity index is 1010. The standard InChI is InChI=1S/C14H11F2NO2.C6H4F2N2O2/c15-11-6-12(16)8-13(7-11)17-14(18)19-9-10-4-2-1-3-5-10;7-4-1-5(8)3-6(2-4)9-10(11)12/h1-8H,9H2,(H,17,18);1-3,9H. The maximum Gasteiger partial charge on any atom is 0.411 e. The van der Waals surface area contributed by atoms with E-state index in [4.69, 9.17) is 4.74 Å². The van der Waals surface area contributed by atoms with Gasteiger partial charge in [0.05, 0.1) is 0 Å². The van der Waals surface area contributed by atoms with Gasteiger partial charge < -0.3 is 4.74 Å². The Labute approximate surface area is 173 Å². The van der Waals surface area contributed by atoms with Crippen LogP contribution in [0.3, 0.4) is 0 Å². The minimum atomic E-state index is -0.895. The molecule has 0 aliphatic carbocycles. The molecule has 7 nitrogen and oxygen atoms in total. The van der Waals surface area contributed by atoms with E-state index in [0.717, 1.165) is 35.9 Å². The Balaban J connectivity index is 0.000000245. The first-order chi connectivity index (χ1) is 14.7. The summed E-state index contributed by atoms with van der Waals surface area (Å²) >= 11 is 0. The summed E-state index contributed by atoms with van der Waals surface area (Å²) in [5.41, 5.74) is 2.24. The van der Waals surface area contributed by atoms with Crippen molar-refractivity contribution in [2.45, 2.75) is 6.61 Å². The zero-order chi connectivity index (χ0) is 22.8. The van der Waals surface area contributed by atoms with Crippen LogP contribution in [0.5, 0.6) is 0 Å². The maximum atomic E-state index is 12.9. The van der Waals surface area contributed by atoms with E-state index in [9.17, 15) is 32.5 Å². The van der Waals surface area contributed by atoms with Crippen molar-refractivity contribution in [2.24, 2.45) is 0 Å². The first kappa shape index (κ1) is 23.1. The van der Waals surface area contributed by atoms with Crippen LogP contribution < -0.4 is 10.7 Å². The van der Waals surface area contributed by atoms with Crippen molar-refractivity contribution in [3.05, 3.63) is 106 Å². The Morgan fingerprint density at radius 3 is 1.81 bits per heavy atom. The molecule has 0 aliphatic rings. The number of rotatable bonds is 5. The fourth-order valence-electron chi connectivity index (χ4n) is 2.23. The van der Waals surface area contributed by atoms with Crippen LogP contribution in [0.4, 0.5) is 33.7 Å². The van der Waals surface area contributed by atoms with Gasteiger partial charge in [-0.3, -0.25) is 5.32 Å². The summed E-state index contributed by atoms with van der Waals surface area (Å²) in [5, 5.41) is 11.2. The number of nitrogens with one attached hydrogen (secondary N) is 2. The van der Waals surface area contributed by atoms with E-state index in [-0.39, 0.29) is 18.0 Å². The van der Waals surface area contributed by atoms with Gasteiger partial charge >= 0.3 is 6.09 Å². The molecule has 31 heavy (non-hydrogen) atoms. The number of ether oxygens (including phenoxy) is 1. The number of amides is 1. The van der Waals surface area contributed by atoms with Crippen molar-refractivity contribution in [1.29, 1.82) is 0 Å². The molecule has 3 aromatic rings.